The standard InChI is InChI=1S/C42H24N2/c1-2-11-28-25(10-1)20-21-26-22-23-27(24-35(26)28)43-37-19-8-6-15-33(37)38-30-13-3-4-14-31(30)39-34-17-9-16-32-29-12-5-7-18-36(29)44(40(32)34)42(39)41(38)43/h1-24H. The maximum Gasteiger partial charge on any atom is 0.0795 e. The fourth-order valence-corrected chi connectivity index (χ4v) is 8.24. The summed E-state index contributed by atoms with van der Waals surface area (Å²) in [6.07, 6.45) is 0. The van der Waals surface area contributed by atoms with Crippen molar-refractivity contribution >= 4 is 92.2 Å². The van der Waals surface area contributed by atoms with Gasteiger partial charge in [0, 0.05) is 38.0 Å². The van der Waals surface area contributed by atoms with E-state index in [-0.39, 0.29) is 0 Å². The van der Waals surface area contributed by atoms with Gasteiger partial charge in [0.2, 0.25) is 0 Å². The van der Waals surface area contributed by atoms with Crippen molar-refractivity contribution in [2.45, 2.75) is 0 Å². The number of rotatable bonds is 1. The Morgan fingerprint density at radius 2 is 0.886 bits per heavy atom. The second-order valence-corrected chi connectivity index (χ2v) is 12.1. The van der Waals surface area contributed by atoms with Gasteiger partial charge in [-0.15, -0.1) is 0 Å². The molecule has 2 nitrogen and oxygen atoms in total. The molecule has 3 aromatic heterocycles. The smallest absolute Gasteiger partial charge is 0.0795 e. The largest absolute Gasteiger partial charge is 0.307 e. The van der Waals surface area contributed by atoms with Crippen LogP contribution in [0.25, 0.3) is 97.9 Å². The van der Waals surface area contributed by atoms with E-state index in [1.165, 1.54) is 97.9 Å². The summed E-state index contributed by atoms with van der Waals surface area (Å²) in [5.74, 6) is 0. The molecule has 0 atom stereocenters. The molecule has 0 radical (unpaired) electrons. The van der Waals surface area contributed by atoms with E-state index < -0.39 is 0 Å². The van der Waals surface area contributed by atoms with Crippen molar-refractivity contribution in [2.24, 2.45) is 0 Å². The molecule has 3 heterocycles. The third-order valence-corrected chi connectivity index (χ3v) is 9.98. The summed E-state index contributed by atoms with van der Waals surface area (Å²) in [6, 6.07) is 53.9. The molecular formula is C42H24N2. The number of fused-ring (bicyclic) bond motifs is 16. The lowest BCUT2D eigenvalue weighted by Gasteiger charge is -2.13. The van der Waals surface area contributed by atoms with Gasteiger partial charge in [0.05, 0.1) is 27.6 Å². The molecule has 11 aromatic rings. The lowest BCUT2D eigenvalue weighted by Crippen LogP contribution is -1.96. The number of hydrogen-bond donors (Lipinski definition) is 0. The van der Waals surface area contributed by atoms with Gasteiger partial charge in [-0.2, -0.15) is 0 Å². The Balaban J connectivity index is 1.46. The van der Waals surface area contributed by atoms with Crippen molar-refractivity contribution in [1.29, 1.82) is 0 Å². The van der Waals surface area contributed by atoms with E-state index in [2.05, 4.69) is 155 Å². The monoisotopic (exact) mass is 556 g/mol. The van der Waals surface area contributed by atoms with Crippen molar-refractivity contribution in [3.05, 3.63) is 146 Å². The number of para-hydroxylation sites is 3. The zero-order chi connectivity index (χ0) is 28.5. The Labute approximate surface area is 251 Å². The predicted octanol–water partition coefficient (Wildman–Crippen LogP) is 11.4. The molecule has 0 amide bonds. The van der Waals surface area contributed by atoms with Crippen LogP contribution in [0.5, 0.6) is 0 Å². The van der Waals surface area contributed by atoms with Gasteiger partial charge >= 0.3 is 0 Å². The highest BCUT2D eigenvalue weighted by Crippen LogP contribution is 2.48. The molecule has 0 unspecified atom stereocenters. The van der Waals surface area contributed by atoms with Crippen molar-refractivity contribution in [3.8, 4) is 5.69 Å². The van der Waals surface area contributed by atoms with E-state index in [1.807, 2.05) is 0 Å². The predicted molar refractivity (Wildman–Crippen MR) is 188 cm³/mol. The number of benzene rings is 8. The van der Waals surface area contributed by atoms with E-state index in [1.54, 1.807) is 0 Å². The van der Waals surface area contributed by atoms with Gasteiger partial charge in [-0.1, -0.05) is 121 Å². The first-order valence-corrected chi connectivity index (χ1v) is 15.3. The van der Waals surface area contributed by atoms with Gasteiger partial charge in [-0.3, -0.25) is 0 Å². The Kier molecular flexibility index (Phi) is 4.10. The number of aromatic nitrogens is 2. The first kappa shape index (κ1) is 22.7. The van der Waals surface area contributed by atoms with Gasteiger partial charge in [0.1, 0.15) is 0 Å². The minimum Gasteiger partial charge on any atom is -0.307 e. The summed E-state index contributed by atoms with van der Waals surface area (Å²) in [5, 5.41) is 15.5. The van der Waals surface area contributed by atoms with E-state index in [9.17, 15) is 0 Å². The van der Waals surface area contributed by atoms with E-state index in [4.69, 9.17) is 0 Å². The number of hydrogen-bond acceptors (Lipinski definition) is 0. The lowest BCUT2D eigenvalue weighted by molar-refractivity contribution is 1.19. The summed E-state index contributed by atoms with van der Waals surface area (Å²) in [6.45, 7) is 0. The van der Waals surface area contributed by atoms with Crippen molar-refractivity contribution in [3.63, 3.8) is 0 Å². The molecule has 0 fully saturated rings. The molecule has 0 N–H and O–H groups in total. The Bertz CT molecular complexity index is 2990. The summed E-state index contributed by atoms with van der Waals surface area (Å²) in [4.78, 5) is 0. The maximum absolute atomic E-state index is 2.55. The van der Waals surface area contributed by atoms with Crippen molar-refractivity contribution in [2.75, 3.05) is 0 Å². The topological polar surface area (TPSA) is 9.34 Å². The Hall–Kier alpha value is -5.86. The van der Waals surface area contributed by atoms with Crippen LogP contribution in [-0.2, 0) is 0 Å². The molecule has 0 aliphatic heterocycles. The minimum absolute atomic E-state index is 1.18. The van der Waals surface area contributed by atoms with Gasteiger partial charge in [0.25, 0.3) is 0 Å². The molecule has 2 heteroatoms. The molecule has 0 saturated heterocycles. The molecule has 11 rings (SSSR count). The van der Waals surface area contributed by atoms with Crippen LogP contribution in [0.4, 0.5) is 0 Å². The van der Waals surface area contributed by atoms with Crippen LogP contribution < -0.4 is 0 Å². The maximum atomic E-state index is 2.55. The summed E-state index contributed by atoms with van der Waals surface area (Å²) in [5.41, 5.74) is 7.51. The molecule has 0 aliphatic carbocycles. The van der Waals surface area contributed by atoms with Crippen LogP contribution in [-0.4, -0.2) is 8.97 Å². The lowest BCUT2D eigenvalue weighted by atomic mass is 9.98. The molecular weight excluding hydrogens is 532 g/mol. The normalized spacial score (nSPS) is 12.5. The SMILES string of the molecule is c1ccc2c(c1)ccc1ccc(-n3c4ccccc4c4c5ccccc5c5c6cccc7c8ccccc8n(c76)c5c43)cc12. The Morgan fingerprint density at radius 1 is 0.318 bits per heavy atom. The summed E-state index contributed by atoms with van der Waals surface area (Å²) >= 11 is 0. The first-order chi connectivity index (χ1) is 21.9. The van der Waals surface area contributed by atoms with Gasteiger partial charge in [0.15, 0.2) is 0 Å². The van der Waals surface area contributed by atoms with Crippen LogP contribution in [0.1, 0.15) is 0 Å². The summed E-state index contributed by atoms with van der Waals surface area (Å²) < 4.78 is 5.08. The van der Waals surface area contributed by atoms with Crippen LogP contribution in [0.2, 0.25) is 0 Å². The van der Waals surface area contributed by atoms with Crippen LogP contribution in [0.3, 0.4) is 0 Å². The third kappa shape index (κ3) is 2.63. The van der Waals surface area contributed by atoms with Crippen LogP contribution >= 0.6 is 0 Å². The molecule has 0 spiro atoms. The number of nitrogens with zero attached hydrogens (tertiary/aromatic N) is 2. The van der Waals surface area contributed by atoms with E-state index in [0.29, 0.717) is 0 Å². The fraction of sp³-hybridized carbons (Fsp3) is 0. The van der Waals surface area contributed by atoms with Gasteiger partial charge in [-0.25, -0.2) is 0 Å². The first-order valence-electron chi connectivity index (χ1n) is 15.3. The van der Waals surface area contributed by atoms with Crippen molar-refractivity contribution < 1.29 is 0 Å². The molecule has 0 aliphatic rings. The van der Waals surface area contributed by atoms with E-state index in [0.717, 1.165) is 0 Å². The average molecular weight is 557 g/mol. The second-order valence-electron chi connectivity index (χ2n) is 12.1. The highest BCUT2D eigenvalue weighted by Gasteiger charge is 2.25. The van der Waals surface area contributed by atoms with Gasteiger partial charge < -0.3 is 8.97 Å². The van der Waals surface area contributed by atoms with Crippen LogP contribution in [0.15, 0.2) is 146 Å². The fourth-order valence-electron chi connectivity index (χ4n) is 8.24. The Morgan fingerprint density at radius 3 is 1.70 bits per heavy atom. The summed E-state index contributed by atoms with van der Waals surface area (Å²) in [7, 11) is 0. The van der Waals surface area contributed by atoms with Gasteiger partial charge in [-0.05, 0) is 56.6 Å². The third-order valence-electron chi connectivity index (χ3n) is 9.98. The van der Waals surface area contributed by atoms with Crippen LogP contribution in [0, 0.1) is 0 Å². The zero-order valence-electron chi connectivity index (χ0n) is 23.8. The van der Waals surface area contributed by atoms with Crippen molar-refractivity contribution in [1.82, 2.24) is 8.97 Å². The minimum atomic E-state index is 1.18. The molecule has 202 valence electrons. The zero-order valence-corrected chi connectivity index (χ0v) is 23.8. The second kappa shape index (κ2) is 7.94. The molecule has 0 saturated carbocycles. The highest BCUT2D eigenvalue weighted by atomic mass is 15.0. The highest BCUT2D eigenvalue weighted by molar-refractivity contribution is 6.38. The quantitative estimate of drug-likeness (QED) is 0.178. The average Bonchev–Trinajstić information content (AvgIpc) is 3.74. The van der Waals surface area contributed by atoms with E-state index >= 15 is 0 Å². The molecule has 8 aromatic carbocycles. The molecule has 44 heavy (non-hydrogen) atoms. The molecule has 0 bridgehead atoms.